The SMILES string of the molecule is c1ccc(CCNC(=NCCCOCC2CCOC2)NCCc2ccco2)cc1. The topological polar surface area (TPSA) is 68.0 Å². The second kappa shape index (κ2) is 13.0. The summed E-state index contributed by atoms with van der Waals surface area (Å²) < 4.78 is 16.5. The Kier molecular flexibility index (Phi) is 9.60. The summed E-state index contributed by atoms with van der Waals surface area (Å²) in [6.07, 6.45) is 5.54. The molecule has 2 heterocycles. The van der Waals surface area contributed by atoms with Gasteiger partial charge in [0, 0.05) is 45.2 Å². The lowest BCUT2D eigenvalue weighted by atomic mass is 10.1. The van der Waals surface area contributed by atoms with Gasteiger partial charge in [-0.3, -0.25) is 4.99 Å². The molecule has 1 atom stereocenters. The molecule has 158 valence electrons. The maximum Gasteiger partial charge on any atom is 0.191 e. The average molecular weight is 400 g/mol. The summed E-state index contributed by atoms with van der Waals surface area (Å²) in [7, 11) is 0. The zero-order valence-electron chi connectivity index (χ0n) is 17.1. The van der Waals surface area contributed by atoms with Gasteiger partial charge in [0.1, 0.15) is 5.76 Å². The van der Waals surface area contributed by atoms with Crippen molar-refractivity contribution in [3.8, 4) is 0 Å². The highest BCUT2D eigenvalue weighted by atomic mass is 16.5. The molecule has 0 radical (unpaired) electrons. The third-order valence-electron chi connectivity index (χ3n) is 4.89. The number of ether oxygens (including phenoxy) is 2. The van der Waals surface area contributed by atoms with Crippen molar-refractivity contribution in [3.63, 3.8) is 0 Å². The highest BCUT2D eigenvalue weighted by Crippen LogP contribution is 2.12. The molecule has 1 aliphatic rings. The summed E-state index contributed by atoms with van der Waals surface area (Å²) in [5.74, 6) is 2.39. The molecule has 6 nitrogen and oxygen atoms in total. The fourth-order valence-electron chi connectivity index (χ4n) is 3.23. The monoisotopic (exact) mass is 399 g/mol. The van der Waals surface area contributed by atoms with Gasteiger partial charge in [0.05, 0.1) is 19.5 Å². The van der Waals surface area contributed by atoms with Crippen molar-refractivity contribution in [2.75, 3.05) is 46.1 Å². The molecule has 1 fully saturated rings. The van der Waals surface area contributed by atoms with Gasteiger partial charge in [0.15, 0.2) is 5.96 Å². The van der Waals surface area contributed by atoms with Crippen LogP contribution in [0.4, 0.5) is 0 Å². The largest absolute Gasteiger partial charge is 0.469 e. The van der Waals surface area contributed by atoms with Crippen molar-refractivity contribution in [1.29, 1.82) is 0 Å². The van der Waals surface area contributed by atoms with Crippen LogP contribution in [0.25, 0.3) is 0 Å². The van der Waals surface area contributed by atoms with E-state index in [-0.39, 0.29) is 0 Å². The standard InChI is InChI=1S/C23H33N3O3/c1-2-6-20(7-3-1)9-13-25-23(26-14-10-22-8-4-16-29-22)24-12-5-15-27-18-21-11-17-28-19-21/h1-4,6-8,16,21H,5,9-15,17-19H2,(H2,24,25,26). The van der Waals surface area contributed by atoms with E-state index in [9.17, 15) is 0 Å². The fraction of sp³-hybridized carbons (Fsp3) is 0.522. The highest BCUT2D eigenvalue weighted by Gasteiger charge is 2.15. The quantitative estimate of drug-likeness (QED) is 0.326. The van der Waals surface area contributed by atoms with Crippen molar-refractivity contribution in [3.05, 3.63) is 60.1 Å². The molecule has 1 unspecified atom stereocenters. The predicted molar refractivity (Wildman–Crippen MR) is 115 cm³/mol. The first-order valence-electron chi connectivity index (χ1n) is 10.6. The molecular formula is C23H33N3O3. The normalized spacial score (nSPS) is 16.8. The number of rotatable bonds is 12. The molecule has 6 heteroatoms. The number of aliphatic imine (C=N–C) groups is 1. The van der Waals surface area contributed by atoms with E-state index < -0.39 is 0 Å². The number of nitrogens with zero attached hydrogens (tertiary/aromatic N) is 1. The number of hydrogen-bond acceptors (Lipinski definition) is 4. The Morgan fingerprint density at radius 3 is 2.69 bits per heavy atom. The van der Waals surface area contributed by atoms with Gasteiger partial charge >= 0.3 is 0 Å². The first-order valence-corrected chi connectivity index (χ1v) is 10.6. The van der Waals surface area contributed by atoms with Crippen molar-refractivity contribution < 1.29 is 13.9 Å². The van der Waals surface area contributed by atoms with Crippen LogP contribution in [0.5, 0.6) is 0 Å². The second-order valence-corrected chi connectivity index (χ2v) is 7.31. The first kappa shape index (κ1) is 21.4. The summed E-state index contributed by atoms with van der Waals surface area (Å²) in [5, 5.41) is 6.84. The summed E-state index contributed by atoms with van der Waals surface area (Å²) in [6.45, 7) is 5.62. The summed E-state index contributed by atoms with van der Waals surface area (Å²) >= 11 is 0. The van der Waals surface area contributed by atoms with E-state index in [1.54, 1.807) is 6.26 Å². The van der Waals surface area contributed by atoms with E-state index in [0.29, 0.717) is 5.92 Å². The Morgan fingerprint density at radius 1 is 1.07 bits per heavy atom. The Morgan fingerprint density at radius 2 is 1.93 bits per heavy atom. The van der Waals surface area contributed by atoms with E-state index in [2.05, 4.69) is 34.9 Å². The predicted octanol–water partition coefficient (Wildman–Crippen LogP) is 3.04. The molecule has 0 aliphatic carbocycles. The van der Waals surface area contributed by atoms with Gasteiger partial charge in [0.25, 0.3) is 0 Å². The number of benzene rings is 1. The van der Waals surface area contributed by atoms with E-state index in [4.69, 9.17) is 18.9 Å². The molecule has 1 aliphatic heterocycles. The molecule has 29 heavy (non-hydrogen) atoms. The smallest absolute Gasteiger partial charge is 0.191 e. The Bertz CT molecular complexity index is 683. The van der Waals surface area contributed by atoms with Crippen LogP contribution >= 0.6 is 0 Å². The van der Waals surface area contributed by atoms with Gasteiger partial charge in [-0.25, -0.2) is 0 Å². The van der Waals surface area contributed by atoms with Crippen LogP contribution in [-0.4, -0.2) is 52.0 Å². The van der Waals surface area contributed by atoms with E-state index in [1.807, 2.05) is 18.2 Å². The van der Waals surface area contributed by atoms with Crippen LogP contribution in [0.1, 0.15) is 24.2 Å². The van der Waals surface area contributed by atoms with Crippen molar-refractivity contribution >= 4 is 5.96 Å². The zero-order valence-corrected chi connectivity index (χ0v) is 17.1. The first-order chi connectivity index (χ1) is 14.4. The van der Waals surface area contributed by atoms with Gasteiger partial charge in [-0.15, -0.1) is 0 Å². The maximum absolute atomic E-state index is 5.77. The highest BCUT2D eigenvalue weighted by molar-refractivity contribution is 5.79. The lowest BCUT2D eigenvalue weighted by Gasteiger charge is -2.13. The molecule has 0 spiro atoms. The summed E-state index contributed by atoms with van der Waals surface area (Å²) in [5.41, 5.74) is 1.32. The van der Waals surface area contributed by atoms with Crippen LogP contribution < -0.4 is 10.6 Å². The van der Waals surface area contributed by atoms with Crippen LogP contribution in [0.15, 0.2) is 58.1 Å². The van der Waals surface area contributed by atoms with E-state index in [0.717, 1.165) is 83.5 Å². The minimum absolute atomic E-state index is 0.567. The number of furan rings is 1. The van der Waals surface area contributed by atoms with Crippen LogP contribution in [0, 0.1) is 5.92 Å². The molecule has 0 amide bonds. The summed E-state index contributed by atoms with van der Waals surface area (Å²) in [4.78, 5) is 4.70. The van der Waals surface area contributed by atoms with Crippen LogP contribution in [0.2, 0.25) is 0 Å². The van der Waals surface area contributed by atoms with Gasteiger partial charge in [-0.1, -0.05) is 30.3 Å². The van der Waals surface area contributed by atoms with Gasteiger partial charge < -0.3 is 24.5 Å². The molecule has 3 rings (SSSR count). The zero-order chi connectivity index (χ0) is 20.0. The Balaban J connectivity index is 1.36. The third-order valence-corrected chi connectivity index (χ3v) is 4.89. The van der Waals surface area contributed by atoms with Gasteiger partial charge in [-0.2, -0.15) is 0 Å². The fourth-order valence-corrected chi connectivity index (χ4v) is 3.23. The number of guanidine groups is 1. The van der Waals surface area contributed by atoms with Gasteiger partial charge in [-0.05, 0) is 37.0 Å². The maximum atomic E-state index is 5.77. The van der Waals surface area contributed by atoms with Crippen LogP contribution in [-0.2, 0) is 22.3 Å². The molecule has 0 saturated carbocycles. The lowest BCUT2D eigenvalue weighted by Crippen LogP contribution is -2.39. The van der Waals surface area contributed by atoms with Crippen molar-refractivity contribution in [1.82, 2.24) is 10.6 Å². The third kappa shape index (κ3) is 8.71. The van der Waals surface area contributed by atoms with Gasteiger partial charge in [0.2, 0.25) is 0 Å². The van der Waals surface area contributed by atoms with Crippen molar-refractivity contribution in [2.45, 2.75) is 25.7 Å². The minimum atomic E-state index is 0.567. The van der Waals surface area contributed by atoms with Crippen LogP contribution in [0.3, 0.4) is 0 Å². The Hall–Kier alpha value is -2.31. The molecule has 1 aromatic heterocycles. The minimum Gasteiger partial charge on any atom is -0.469 e. The van der Waals surface area contributed by atoms with E-state index in [1.165, 1.54) is 5.56 Å². The van der Waals surface area contributed by atoms with Crippen molar-refractivity contribution in [2.24, 2.45) is 10.9 Å². The summed E-state index contributed by atoms with van der Waals surface area (Å²) in [6, 6.07) is 14.4. The molecule has 2 aromatic rings. The molecule has 1 aromatic carbocycles. The lowest BCUT2D eigenvalue weighted by molar-refractivity contribution is 0.0893. The Labute approximate surface area is 173 Å². The number of hydrogen-bond donors (Lipinski definition) is 2. The molecule has 1 saturated heterocycles. The molecule has 2 N–H and O–H groups in total. The molecular weight excluding hydrogens is 366 g/mol. The average Bonchev–Trinajstić information content (AvgIpc) is 3.45. The molecule has 0 bridgehead atoms. The number of nitrogens with one attached hydrogen (secondary N) is 2. The van der Waals surface area contributed by atoms with E-state index >= 15 is 0 Å². The second-order valence-electron chi connectivity index (χ2n) is 7.31.